The minimum atomic E-state index is 0.511. The van der Waals surface area contributed by atoms with Crippen molar-refractivity contribution in [1.29, 1.82) is 0 Å². The van der Waals surface area contributed by atoms with Crippen LogP contribution in [0.25, 0.3) is 138 Å². The van der Waals surface area contributed by atoms with E-state index in [9.17, 15) is 0 Å². The molecule has 6 heteroatoms. The van der Waals surface area contributed by atoms with E-state index < -0.39 is 0 Å². The summed E-state index contributed by atoms with van der Waals surface area (Å²) >= 11 is 0. The molecule has 14 rings (SSSR count). The van der Waals surface area contributed by atoms with Gasteiger partial charge >= 0.3 is 0 Å². The van der Waals surface area contributed by atoms with Crippen LogP contribution in [0.15, 0.2) is 215 Å². The number of benzene rings is 10. The van der Waals surface area contributed by atoms with Crippen LogP contribution in [0.3, 0.4) is 0 Å². The van der Waals surface area contributed by atoms with Crippen molar-refractivity contribution in [1.82, 2.24) is 19.5 Å². The fourth-order valence-electron chi connectivity index (χ4n) is 9.89. The van der Waals surface area contributed by atoms with E-state index in [1.165, 1.54) is 10.8 Å². The number of hydrogen-bond acceptors (Lipinski definition) is 5. The molecular formula is C59H34N4O2. The lowest BCUT2D eigenvalue weighted by atomic mass is 10.0. The largest absolute Gasteiger partial charge is 0.456 e. The number of para-hydroxylation sites is 3. The Labute approximate surface area is 371 Å². The third-order valence-corrected chi connectivity index (χ3v) is 13.0. The molecule has 0 radical (unpaired) electrons. The van der Waals surface area contributed by atoms with Gasteiger partial charge in [-0.25, -0.2) is 15.0 Å². The van der Waals surface area contributed by atoms with Crippen molar-refractivity contribution < 1.29 is 8.83 Å². The highest BCUT2D eigenvalue weighted by Crippen LogP contribution is 2.43. The Morgan fingerprint density at radius 2 is 0.877 bits per heavy atom. The van der Waals surface area contributed by atoms with Gasteiger partial charge in [-0.1, -0.05) is 152 Å². The standard InChI is InChI=1S/C59H34N4O2/c1-2-13-35(14-3-1)36-25-27-37(28-26-36)57-60-58(45-22-12-21-44-43-20-9-11-24-53(43)65-56(44)45)62-59(61-57)49-34-55-48(47-30-39-16-5-7-18-41(39)32-54(47)64-55)33-52(49)63-50-23-10-8-19-42(50)46-29-38-15-4-6-17-40(38)31-51(46)63/h1-34H. The molecule has 0 aliphatic heterocycles. The highest BCUT2D eigenvalue weighted by Gasteiger charge is 2.24. The molecule has 0 saturated heterocycles. The minimum absolute atomic E-state index is 0.511. The predicted molar refractivity (Wildman–Crippen MR) is 265 cm³/mol. The first-order valence-electron chi connectivity index (χ1n) is 21.8. The van der Waals surface area contributed by atoms with Crippen molar-refractivity contribution in [2.75, 3.05) is 0 Å². The summed E-state index contributed by atoms with van der Waals surface area (Å²) in [5.41, 5.74) is 10.9. The van der Waals surface area contributed by atoms with Gasteiger partial charge in [-0.05, 0) is 87.3 Å². The first kappa shape index (κ1) is 35.7. The molecule has 0 spiro atoms. The number of rotatable bonds is 5. The lowest BCUT2D eigenvalue weighted by Gasteiger charge is -2.15. The van der Waals surface area contributed by atoms with E-state index in [1.54, 1.807) is 0 Å². The number of hydrogen-bond donors (Lipinski definition) is 0. The number of fused-ring (bicyclic) bond motifs is 11. The van der Waals surface area contributed by atoms with Gasteiger partial charge in [-0.3, -0.25) is 0 Å². The van der Waals surface area contributed by atoms with Gasteiger partial charge in [0.2, 0.25) is 0 Å². The van der Waals surface area contributed by atoms with Crippen molar-refractivity contribution in [3.05, 3.63) is 206 Å². The van der Waals surface area contributed by atoms with E-state index in [4.69, 9.17) is 23.8 Å². The maximum absolute atomic E-state index is 6.81. The molecule has 0 aliphatic carbocycles. The zero-order valence-electron chi connectivity index (χ0n) is 34.7. The minimum Gasteiger partial charge on any atom is -0.456 e. The van der Waals surface area contributed by atoms with E-state index in [-0.39, 0.29) is 0 Å². The summed E-state index contributed by atoms with van der Waals surface area (Å²) in [6, 6.07) is 72.2. The van der Waals surface area contributed by atoms with Crippen LogP contribution in [0.1, 0.15) is 0 Å². The molecule has 0 aliphatic rings. The van der Waals surface area contributed by atoms with Gasteiger partial charge in [0.15, 0.2) is 17.5 Å². The summed E-state index contributed by atoms with van der Waals surface area (Å²) in [6.07, 6.45) is 0. The van der Waals surface area contributed by atoms with Gasteiger partial charge in [0.1, 0.15) is 22.3 Å². The summed E-state index contributed by atoms with van der Waals surface area (Å²) < 4.78 is 15.8. The van der Waals surface area contributed by atoms with Crippen LogP contribution >= 0.6 is 0 Å². The molecule has 0 atom stereocenters. The van der Waals surface area contributed by atoms with Gasteiger partial charge in [0, 0.05) is 43.4 Å². The van der Waals surface area contributed by atoms with Crippen LogP contribution in [0, 0.1) is 0 Å². The average molecular weight is 831 g/mol. The first-order chi connectivity index (χ1) is 32.2. The molecule has 4 aromatic heterocycles. The van der Waals surface area contributed by atoms with Gasteiger partial charge < -0.3 is 13.4 Å². The van der Waals surface area contributed by atoms with Crippen molar-refractivity contribution in [2.24, 2.45) is 0 Å². The third-order valence-electron chi connectivity index (χ3n) is 13.0. The fourth-order valence-corrected chi connectivity index (χ4v) is 9.89. The Morgan fingerprint density at radius 1 is 0.308 bits per heavy atom. The summed E-state index contributed by atoms with van der Waals surface area (Å²) in [5, 5.41) is 11.1. The van der Waals surface area contributed by atoms with Crippen molar-refractivity contribution in [3.8, 4) is 51.0 Å². The van der Waals surface area contributed by atoms with Crippen LogP contribution in [0.2, 0.25) is 0 Å². The first-order valence-corrected chi connectivity index (χ1v) is 21.8. The van der Waals surface area contributed by atoms with Crippen molar-refractivity contribution in [3.63, 3.8) is 0 Å². The molecule has 10 aromatic carbocycles. The summed E-state index contributed by atoms with van der Waals surface area (Å²) in [5.74, 6) is 1.57. The van der Waals surface area contributed by atoms with Gasteiger partial charge in [-0.15, -0.1) is 0 Å². The zero-order chi connectivity index (χ0) is 42.6. The van der Waals surface area contributed by atoms with Crippen molar-refractivity contribution >= 4 is 87.2 Å². The molecule has 302 valence electrons. The van der Waals surface area contributed by atoms with E-state index >= 15 is 0 Å². The van der Waals surface area contributed by atoms with Crippen LogP contribution in [0.4, 0.5) is 0 Å². The van der Waals surface area contributed by atoms with Crippen LogP contribution in [-0.2, 0) is 0 Å². The molecule has 6 nitrogen and oxygen atoms in total. The molecule has 4 heterocycles. The number of aromatic nitrogens is 4. The van der Waals surface area contributed by atoms with E-state index in [0.717, 1.165) is 110 Å². The fraction of sp³-hybridized carbons (Fsp3) is 0. The topological polar surface area (TPSA) is 69.9 Å². The van der Waals surface area contributed by atoms with Crippen molar-refractivity contribution in [2.45, 2.75) is 0 Å². The maximum atomic E-state index is 6.81. The van der Waals surface area contributed by atoms with Crippen LogP contribution < -0.4 is 0 Å². The van der Waals surface area contributed by atoms with E-state index in [1.807, 2.05) is 30.3 Å². The molecule has 0 amide bonds. The third kappa shape index (κ3) is 5.57. The Hall–Kier alpha value is -8.87. The Morgan fingerprint density at radius 3 is 1.68 bits per heavy atom. The summed E-state index contributed by atoms with van der Waals surface area (Å²) in [6.45, 7) is 0. The normalized spacial score (nSPS) is 12.0. The highest BCUT2D eigenvalue weighted by molar-refractivity contribution is 6.16. The maximum Gasteiger partial charge on any atom is 0.167 e. The summed E-state index contributed by atoms with van der Waals surface area (Å²) in [4.78, 5) is 16.1. The Balaban J connectivity index is 1.09. The lowest BCUT2D eigenvalue weighted by Crippen LogP contribution is -2.04. The smallest absolute Gasteiger partial charge is 0.167 e. The molecule has 0 N–H and O–H groups in total. The molecule has 0 saturated carbocycles. The second-order valence-electron chi connectivity index (χ2n) is 16.8. The Bertz CT molecular complexity index is 4240. The molecular weight excluding hydrogens is 797 g/mol. The molecule has 0 bridgehead atoms. The number of furan rings is 2. The second kappa shape index (κ2) is 13.8. The zero-order valence-corrected chi connectivity index (χ0v) is 34.7. The average Bonchev–Trinajstić information content (AvgIpc) is 4.03. The quantitative estimate of drug-likeness (QED) is 0.173. The van der Waals surface area contributed by atoms with E-state index in [2.05, 4.69) is 180 Å². The molecule has 0 fully saturated rings. The highest BCUT2D eigenvalue weighted by atomic mass is 16.3. The molecule has 65 heavy (non-hydrogen) atoms. The number of nitrogens with zero attached hydrogens (tertiary/aromatic N) is 4. The molecule has 14 aromatic rings. The Kier molecular flexibility index (Phi) is 7.59. The second-order valence-corrected chi connectivity index (χ2v) is 16.8. The lowest BCUT2D eigenvalue weighted by molar-refractivity contribution is 0.669. The predicted octanol–water partition coefficient (Wildman–Crippen LogP) is 15.7. The van der Waals surface area contributed by atoms with Gasteiger partial charge in [0.05, 0.1) is 22.3 Å². The van der Waals surface area contributed by atoms with Gasteiger partial charge in [-0.2, -0.15) is 0 Å². The van der Waals surface area contributed by atoms with E-state index in [0.29, 0.717) is 17.5 Å². The van der Waals surface area contributed by atoms with Gasteiger partial charge in [0.25, 0.3) is 0 Å². The van der Waals surface area contributed by atoms with Crippen LogP contribution in [0.5, 0.6) is 0 Å². The SMILES string of the molecule is c1ccc(-c2ccc(-c3nc(-c4cc5oc6cc7ccccc7cc6c5cc4-n4c5ccccc5c5cc6ccccc6cc54)nc(-c4cccc5c4oc4ccccc45)n3)cc2)cc1. The summed E-state index contributed by atoms with van der Waals surface area (Å²) in [7, 11) is 0. The monoisotopic (exact) mass is 830 g/mol. The van der Waals surface area contributed by atoms with Crippen LogP contribution in [-0.4, -0.2) is 19.5 Å². The molecule has 0 unspecified atom stereocenters.